The number of hydrogen-bond acceptors (Lipinski definition) is 7. The Hall–Kier alpha value is -4.11. The lowest BCUT2D eigenvalue weighted by Crippen LogP contribution is -2.46. The predicted molar refractivity (Wildman–Crippen MR) is 175 cm³/mol. The zero-order valence-electron chi connectivity index (χ0n) is 26.0. The van der Waals surface area contributed by atoms with E-state index in [-0.39, 0.29) is 17.7 Å². The van der Waals surface area contributed by atoms with Crippen molar-refractivity contribution in [3.05, 3.63) is 81.0 Å². The fraction of sp³-hybridized carbons (Fsp3) is 0.412. The number of fused-ring (bicyclic) bond motifs is 1. The molecule has 44 heavy (non-hydrogen) atoms. The number of anilines is 1. The highest BCUT2D eigenvalue weighted by atomic mass is 35.5. The average Bonchev–Trinajstić information content (AvgIpc) is 2.95. The summed E-state index contributed by atoms with van der Waals surface area (Å²) in [5.74, 6) is 1.17. The van der Waals surface area contributed by atoms with Crippen LogP contribution >= 0.6 is 11.6 Å². The lowest BCUT2D eigenvalue weighted by atomic mass is 9.98. The number of nitrogens with one attached hydrogen (secondary N) is 2. The Balaban J connectivity index is 1.50. The monoisotopic (exact) mass is 617 g/mol. The Morgan fingerprint density at radius 1 is 1.14 bits per heavy atom. The number of carbonyl (C=O) groups excluding carboxylic acids is 1. The van der Waals surface area contributed by atoms with Gasteiger partial charge in [0.25, 0.3) is 5.56 Å². The van der Waals surface area contributed by atoms with Crippen molar-refractivity contribution in [2.24, 2.45) is 0 Å². The van der Waals surface area contributed by atoms with Crippen LogP contribution in [0.2, 0.25) is 5.02 Å². The number of likely N-dealkylation sites (tertiary alicyclic amines) is 1. The molecule has 3 heterocycles. The highest BCUT2D eigenvalue weighted by molar-refractivity contribution is 6.32. The quantitative estimate of drug-likeness (QED) is 0.212. The van der Waals surface area contributed by atoms with Crippen LogP contribution in [0.1, 0.15) is 63.1 Å². The zero-order valence-corrected chi connectivity index (χ0v) is 26.8. The fourth-order valence-electron chi connectivity index (χ4n) is 5.74. The third-order valence-corrected chi connectivity index (χ3v) is 7.99. The third kappa shape index (κ3) is 7.50. The number of aromatic nitrogens is 3. The summed E-state index contributed by atoms with van der Waals surface area (Å²) in [5, 5.41) is 4.53. The smallest absolute Gasteiger partial charge is 0.410 e. The molecular weight excluding hydrogens is 578 g/mol. The molecule has 1 aliphatic heterocycles. The number of benzene rings is 2. The van der Waals surface area contributed by atoms with E-state index >= 15 is 0 Å². The Morgan fingerprint density at radius 3 is 2.61 bits per heavy atom. The molecule has 232 valence electrons. The molecule has 1 saturated heterocycles. The molecule has 4 aromatic rings. The minimum absolute atomic E-state index is 0.0152. The second-order valence-electron chi connectivity index (χ2n) is 12.4. The molecular formula is C34H40ClN5O4. The first kappa shape index (κ1) is 31.3. The molecule has 0 aliphatic carbocycles. The van der Waals surface area contributed by atoms with Crippen molar-refractivity contribution in [1.82, 2.24) is 19.9 Å². The van der Waals surface area contributed by atoms with Gasteiger partial charge in [0.2, 0.25) is 0 Å². The number of ether oxygens (including phenoxy) is 2. The summed E-state index contributed by atoms with van der Waals surface area (Å²) < 4.78 is 12.3. The van der Waals surface area contributed by atoms with Gasteiger partial charge in [0.1, 0.15) is 23.5 Å². The number of piperidine rings is 1. The molecule has 9 nitrogen and oxygen atoms in total. The Kier molecular flexibility index (Phi) is 9.44. The molecule has 1 atom stereocenters. The van der Waals surface area contributed by atoms with Crippen molar-refractivity contribution in [3.63, 3.8) is 0 Å². The van der Waals surface area contributed by atoms with Gasteiger partial charge >= 0.3 is 6.09 Å². The lowest BCUT2D eigenvalue weighted by Gasteiger charge is -2.36. The van der Waals surface area contributed by atoms with Crippen LogP contribution in [0, 0.1) is 13.8 Å². The van der Waals surface area contributed by atoms with Gasteiger partial charge in [0.15, 0.2) is 0 Å². The van der Waals surface area contributed by atoms with Crippen molar-refractivity contribution in [2.45, 2.75) is 78.5 Å². The van der Waals surface area contributed by atoms with Crippen molar-refractivity contribution in [2.75, 3.05) is 18.5 Å². The van der Waals surface area contributed by atoms with E-state index in [0.717, 1.165) is 46.9 Å². The van der Waals surface area contributed by atoms with Crippen molar-refractivity contribution in [3.8, 4) is 16.9 Å². The molecule has 1 fully saturated rings. The van der Waals surface area contributed by atoms with Gasteiger partial charge in [0.05, 0.1) is 17.7 Å². The number of aromatic amines is 1. The van der Waals surface area contributed by atoms with Crippen LogP contribution in [-0.4, -0.2) is 50.7 Å². The molecule has 1 amide bonds. The van der Waals surface area contributed by atoms with E-state index in [4.69, 9.17) is 21.1 Å². The van der Waals surface area contributed by atoms with Gasteiger partial charge < -0.3 is 24.7 Å². The SMILES string of the molecule is Cc1cc(C)cc(-c2c(OCCC3CCCCN3C(=O)OC(C)(C)C)c3cc(CNc4ccncn4)c(Cl)cc3[nH]c2=O)c1. The fourth-order valence-corrected chi connectivity index (χ4v) is 5.97. The number of aryl methyl sites for hydroxylation is 2. The van der Waals surface area contributed by atoms with Crippen LogP contribution in [-0.2, 0) is 11.3 Å². The number of halogens is 1. The van der Waals surface area contributed by atoms with Gasteiger partial charge in [-0.2, -0.15) is 0 Å². The number of carbonyl (C=O) groups is 1. The highest BCUT2D eigenvalue weighted by Gasteiger charge is 2.30. The topological polar surface area (TPSA) is 109 Å². The van der Waals surface area contributed by atoms with Crippen molar-refractivity contribution in [1.29, 1.82) is 0 Å². The second kappa shape index (κ2) is 13.3. The van der Waals surface area contributed by atoms with E-state index in [1.807, 2.05) is 57.7 Å². The summed E-state index contributed by atoms with van der Waals surface area (Å²) in [5.41, 5.74) is 3.93. The van der Waals surface area contributed by atoms with E-state index in [0.29, 0.717) is 53.8 Å². The maximum atomic E-state index is 13.6. The minimum Gasteiger partial charge on any atom is -0.492 e. The molecule has 5 rings (SSSR count). The molecule has 0 saturated carbocycles. The number of rotatable bonds is 8. The van der Waals surface area contributed by atoms with Gasteiger partial charge in [-0.3, -0.25) is 4.79 Å². The maximum Gasteiger partial charge on any atom is 0.410 e. The normalized spacial score (nSPS) is 15.3. The summed E-state index contributed by atoms with van der Waals surface area (Å²) in [4.78, 5) is 39.7. The maximum absolute atomic E-state index is 13.6. The summed E-state index contributed by atoms with van der Waals surface area (Å²) in [6.45, 7) is 11.0. The lowest BCUT2D eigenvalue weighted by molar-refractivity contribution is 0.00745. The van der Waals surface area contributed by atoms with E-state index in [1.54, 1.807) is 18.3 Å². The third-order valence-electron chi connectivity index (χ3n) is 7.64. The number of H-pyrrole nitrogens is 1. The van der Waals surface area contributed by atoms with E-state index in [9.17, 15) is 9.59 Å². The first-order valence-corrected chi connectivity index (χ1v) is 15.5. The van der Waals surface area contributed by atoms with Crippen LogP contribution in [0.5, 0.6) is 5.75 Å². The molecule has 10 heteroatoms. The van der Waals surface area contributed by atoms with Gasteiger partial charge in [-0.1, -0.05) is 40.9 Å². The molecule has 0 radical (unpaired) electrons. The Labute approximate surface area is 263 Å². The number of hydrogen-bond donors (Lipinski definition) is 2. The van der Waals surface area contributed by atoms with Crippen LogP contribution in [0.4, 0.5) is 10.6 Å². The standard InChI is InChI=1S/C34H40ClN5O4/c1-21-14-22(2)16-23(15-21)30-31(43-13-10-25-8-6-7-12-40(25)33(42)44-34(3,4)5)26-17-24(19-37-29-9-11-36-20-38-29)27(35)18-28(26)39-32(30)41/h9,11,14-18,20,25H,6-8,10,12-13,19H2,1-5H3,(H,39,41)(H,36,37,38). The number of pyridine rings is 1. The predicted octanol–water partition coefficient (Wildman–Crippen LogP) is 7.43. The largest absolute Gasteiger partial charge is 0.492 e. The van der Waals surface area contributed by atoms with E-state index < -0.39 is 5.60 Å². The second-order valence-corrected chi connectivity index (χ2v) is 12.8. The van der Waals surface area contributed by atoms with Gasteiger partial charge in [-0.25, -0.2) is 14.8 Å². The van der Waals surface area contributed by atoms with Crippen LogP contribution in [0.3, 0.4) is 0 Å². The van der Waals surface area contributed by atoms with E-state index in [2.05, 4.69) is 26.3 Å². The number of nitrogens with zero attached hydrogens (tertiary/aromatic N) is 3. The molecule has 2 aromatic carbocycles. The van der Waals surface area contributed by atoms with Crippen molar-refractivity contribution < 1.29 is 14.3 Å². The van der Waals surface area contributed by atoms with Crippen LogP contribution in [0.25, 0.3) is 22.0 Å². The number of amides is 1. The van der Waals surface area contributed by atoms with E-state index in [1.165, 1.54) is 6.33 Å². The van der Waals surface area contributed by atoms with Crippen LogP contribution in [0.15, 0.2) is 53.7 Å². The molecule has 1 unspecified atom stereocenters. The van der Waals surface area contributed by atoms with Gasteiger partial charge in [-0.05, 0) is 83.2 Å². The van der Waals surface area contributed by atoms with Crippen LogP contribution < -0.4 is 15.6 Å². The zero-order chi connectivity index (χ0) is 31.4. The Morgan fingerprint density at radius 2 is 1.91 bits per heavy atom. The molecule has 0 bridgehead atoms. The summed E-state index contributed by atoms with van der Waals surface area (Å²) in [7, 11) is 0. The summed E-state index contributed by atoms with van der Waals surface area (Å²) >= 11 is 6.68. The average molecular weight is 618 g/mol. The highest BCUT2D eigenvalue weighted by Crippen LogP contribution is 2.37. The van der Waals surface area contributed by atoms with Gasteiger partial charge in [-0.15, -0.1) is 0 Å². The van der Waals surface area contributed by atoms with Crippen molar-refractivity contribution >= 4 is 34.4 Å². The first-order valence-electron chi connectivity index (χ1n) is 15.1. The molecule has 2 aromatic heterocycles. The summed E-state index contributed by atoms with van der Waals surface area (Å²) in [6, 6.07) is 11.5. The summed E-state index contributed by atoms with van der Waals surface area (Å²) in [6.07, 6.45) is 6.31. The van der Waals surface area contributed by atoms with Gasteiger partial charge in [0, 0.05) is 42.2 Å². The minimum atomic E-state index is -0.568. The first-order chi connectivity index (χ1) is 21.0. The molecule has 2 N–H and O–H groups in total. The Bertz CT molecular complexity index is 1680. The molecule has 0 spiro atoms. The molecule has 1 aliphatic rings.